The standard InChI is InChI=1S/C30H31F4N5O3/c1-5-21-18(2)7-6-8-19(21)11-14-42-28-23(30(32,33)34)17-35-29(38-28)37-25-16-24(31)22(15-26(25)41-4)27(40)36-20-9-12-39(3)13-10-20/h1,6-8,15-17,20H,9-14H2,2-4H3,(H,36,40)(H,35,37,38). The molecule has 0 bridgehead atoms. The summed E-state index contributed by atoms with van der Waals surface area (Å²) in [7, 11) is 3.31. The lowest BCUT2D eigenvalue weighted by atomic mass is 10.0. The van der Waals surface area contributed by atoms with Crippen molar-refractivity contribution < 1.29 is 31.8 Å². The number of piperidine rings is 1. The highest BCUT2D eigenvalue weighted by Gasteiger charge is 2.36. The molecule has 0 saturated carbocycles. The number of hydrogen-bond acceptors (Lipinski definition) is 7. The third-order valence-corrected chi connectivity index (χ3v) is 7.01. The van der Waals surface area contributed by atoms with E-state index in [9.17, 15) is 18.0 Å². The second-order valence-corrected chi connectivity index (χ2v) is 9.97. The molecule has 0 aliphatic carbocycles. The fourth-order valence-electron chi connectivity index (χ4n) is 4.66. The Morgan fingerprint density at radius 1 is 1.24 bits per heavy atom. The molecule has 1 aliphatic rings. The Hall–Kier alpha value is -4.37. The third-order valence-electron chi connectivity index (χ3n) is 7.01. The molecule has 2 heterocycles. The van der Waals surface area contributed by atoms with Gasteiger partial charge in [-0.15, -0.1) is 6.42 Å². The molecule has 2 aromatic carbocycles. The Bertz CT molecular complexity index is 1480. The third kappa shape index (κ3) is 7.28. The minimum atomic E-state index is -4.78. The van der Waals surface area contributed by atoms with Crippen molar-refractivity contribution in [1.82, 2.24) is 20.2 Å². The summed E-state index contributed by atoms with van der Waals surface area (Å²) in [6, 6.07) is 7.56. The number of anilines is 2. The average Bonchev–Trinajstić information content (AvgIpc) is 2.94. The number of terminal acetylenes is 1. The van der Waals surface area contributed by atoms with Crippen molar-refractivity contribution in [3.05, 3.63) is 70.2 Å². The maximum absolute atomic E-state index is 15.1. The van der Waals surface area contributed by atoms with Crippen LogP contribution in [-0.2, 0) is 12.6 Å². The van der Waals surface area contributed by atoms with E-state index in [1.807, 2.05) is 20.0 Å². The first kappa shape index (κ1) is 30.6. The van der Waals surface area contributed by atoms with Crippen molar-refractivity contribution in [3.8, 4) is 24.0 Å². The van der Waals surface area contributed by atoms with Gasteiger partial charge in [0, 0.05) is 30.3 Å². The van der Waals surface area contributed by atoms with Crippen LogP contribution in [0.2, 0.25) is 0 Å². The van der Waals surface area contributed by atoms with Crippen molar-refractivity contribution in [3.63, 3.8) is 0 Å². The zero-order valence-corrected chi connectivity index (χ0v) is 23.4. The minimum absolute atomic E-state index is 0.00923. The van der Waals surface area contributed by atoms with E-state index in [-0.39, 0.29) is 42.0 Å². The van der Waals surface area contributed by atoms with Crippen LogP contribution in [0.3, 0.4) is 0 Å². The molecule has 0 unspecified atom stereocenters. The van der Waals surface area contributed by atoms with Gasteiger partial charge in [0.15, 0.2) is 0 Å². The number of aromatic nitrogens is 2. The van der Waals surface area contributed by atoms with Crippen molar-refractivity contribution >= 4 is 17.5 Å². The molecule has 0 radical (unpaired) electrons. The first-order valence-corrected chi connectivity index (χ1v) is 13.3. The largest absolute Gasteiger partial charge is 0.495 e. The molecule has 1 fully saturated rings. The summed E-state index contributed by atoms with van der Waals surface area (Å²) >= 11 is 0. The average molecular weight is 586 g/mol. The fourth-order valence-corrected chi connectivity index (χ4v) is 4.66. The molecule has 1 aromatic heterocycles. The smallest absolute Gasteiger partial charge is 0.423 e. The summed E-state index contributed by atoms with van der Waals surface area (Å²) in [4.78, 5) is 22.6. The summed E-state index contributed by atoms with van der Waals surface area (Å²) < 4.78 is 66.9. The van der Waals surface area contributed by atoms with Gasteiger partial charge in [-0.25, -0.2) is 9.37 Å². The molecule has 1 aliphatic heterocycles. The predicted molar refractivity (Wildman–Crippen MR) is 150 cm³/mol. The number of carbonyl (C=O) groups is 1. The van der Waals surface area contributed by atoms with Crippen LogP contribution in [0.5, 0.6) is 11.6 Å². The maximum Gasteiger partial charge on any atom is 0.423 e. The number of halogens is 4. The van der Waals surface area contributed by atoms with Crippen LogP contribution in [-0.4, -0.2) is 60.7 Å². The molecule has 222 valence electrons. The lowest BCUT2D eigenvalue weighted by molar-refractivity contribution is -0.139. The van der Waals surface area contributed by atoms with Crippen LogP contribution in [0.15, 0.2) is 36.5 Å². The number of nitrogens with zero attached hydrogens (tertiary/aromatic N) is 3. The Balaban J connectivity index is 1.53. The molecular weight excluding hydrogens is 554 g/mol. The number of methoxy groups -OCH3 is 1. The minimum Gasteiger partial charge on any atom is -0.495 e. The quantitative estimate of drug-likeness (QED) is 0.266. The van der Waals surface area contributed by atoms with E-state index in [1.165, 1.54) is 13.2 Å². The summed E-state index contributed by atoms with van der Waals surface area (Å²) in [5, 5.41) is 5.52. The molecule has 12 heteroatoms. The van der Waals surface area contributed by atoms with Gasteiger partial charge in [-0.1, -0.05) is 24.1 Å². The van der Waals surface area contributed by atoms with E-state index in [4.69, 9.17) is 15.9 Å². The summed E-state index contributed by atoms with van der Waals surface area (Å²) in [5.74, 6) is 0.221. The Morgan fingerprint density at radius 3 is 2.64 bits per heavy atom. The highest BCUT2D eigenvalue weighted by atomic mass is 19.4. The van der Waals surface area contributed by atoms with E-state index < -0.39 is 29.3 Å². The van der Waals surface area contributed by atoms with Gasteiger partial charge < -0.3 is 25.0 Å². The van der Waals surface area contributed by atoms with Crippen LogP contribution in [0, 0.1) is 25.1 Å². The first-order valence-electron chi connectivity index (χ1n) is 13.3. The lowest BCUT2D eigenvalue weighted by Crippen LogP contribution is -2.43. The second-order valence-electron chi connectivity index (χ2n) is 9.97. The summed E-state index contributed by atoms with van der Waals surface area (Å²) in [5.41, 5.74) is 0.879. The monoisotopic (exact) mass is 585 g/mol. The molecule has 1 amide bonds. The fraction of sp³-hybridized carbons (Fsp3) is 0.367. The van der Waals surface area contributed by atoms with Gasteiger partial charge >= 0.3 is 6.18 Å². The van der Waals surface area contributed by atoms with Gasteiger partial charge in [0.2, 0.25) is 11.8 Å². The highest BCUT2D eigenvalue weighted by molar-refractivity contribution is 5.96. The van der Waals surface area contributed by atoms with Crippen LogP contribution in [0.4, 0.5) is 29.2 Å². The second kappa shape index (κ2) is 13.1. The number of hydrogen-bond donors (Lipinski definition) is 2. The topological polar surface area (TPSA) is 88.6 Å². The van der Waals surface area contributed by atoms with Crippen molar-refractivity contribution in [2.24, 2.45) is 0 Å². The Labute approximate surface area is 241 Å². The van der Waals surface area contributed by atoms with E-state index in [2.05, 4.69) is 31.4 Å². The number of nitrogens with one attached hydrogen (secondary N) is 2. The highest BCUT2D eigenvalue weighted by Crippen LogP contribution is 2.36. The maximum atomic E-state index is 15.1. The van der Waals surface area contributed by atoms with Gasteiger partial charge in [0.25, 0.3) is 5.91 Å². The van der Waals surface area contributed by atoms with Crippen molar-refractivity contribution in [2.75, 3.05) is 39.2 Å². The molecule has 2 N–H and O–H groups in total. The number of alkyl halides is 3. The lowest BCUT2D eigenvalue weighted by Gasteiger charge is -2.29. The number of amides is 1. The zero-order valence-electron chi connectivity index (χ0n) is 23.4. The number of carbonyl (C=O) groups excluding carboxylic acids is 1. The molecule has 1 saturated heterocycles. The number of aryl methyl sites for hydroxylation is 1. The van der Waals surface area contributed by atoms with E-state index in [0.29, 0.717) is 11.8 Å². The predicted octanol–water partition coefficient (Wildman–Crippen LogP) is 5.12. The first-order chi connectivity index (χ1) is 20.0. The molecular formula is C30H31F4N5O3. The molecule has 4 rings (SSSR count). The summed E-state index contributed by atoms with van der Waals surface area (Å²) in [6.45, 7) is 3.33. The molecule has 0 atom stereocenters. The van der Waals surface area contributed by atoms with Crippen molar-refractivity contribution in [2.45, 2.75) is 38.4 Å². The van der Waals surface area contributed by atoms with Crippen LogP contribution >= 0.6 is 0 Å². The summed E-state index contributed by atoms with van der Waals surface area (Å²) in [6.07, 6.45) is 3.11. The van der Waals surface area contributed by atoms with Crippen LogP contribution < -0.4 is 20.1 Å². The van der Waals surface area contributed by atoms with E-state index in [0.717, 1.165) is 43.1 Å². The molecule has 0 spiro atoms. The van der Waals surface area contributed by atoms with E-state index >= 15 is 4.39 Å². The van der Waals surface area contributed by atoms with Crippen LogP contribution in [0.1, 0.15) is 45.5 Å². The Morgan fingerprint density at radius 2 is 1.98 bits per heavy atom. The number of rotatable bonds is 9. The molecule has 8 nitrogen and oxygen atoms in total. The van der Waals surface area contributed by atoms with Gasteiger partial charge in [-0.2, -0.15) is 18.2 Å². The van der Waals surface area contributed by atoms with Gasteiger partial charge in [0.1, 0.15) is 17.1 Å². The number of likely N-dealkylation sites (tertiary alicyclic amines) is 1. The zero-order chi connectivity index (χ0) is 30.4. The Kier molecular flexibility index (Phi) is 9.52. The molecule has 3 aromatic rings. The molecule has 42 heavy (non-hydrogen) atoms. The van der Waals surface area contributed by atoms with Gasteiger partial charge in [0.05, 0.1) is 25.0 Å². The van der Waals surface area contributed by atoms with Crippen molar-refractivity contribution in [1.29, 1.82) is 0 Å². The van der Waals surface area contributed by atoms with Crippen LogP contribution in [0.25, 0.3) is 0 Å². The van der Waals surface area contributed by atoms with Gasteiger partial charge in [-0.05, 0) is 57.1 Å². The van der Waals surface area contributed by atoms with Gasteiger partial charge in [-0.3, -0.25) is 4.79 Å². The normalized spacial score (nSPS) is 14.2. The number of benzene rings is 2. The number of ether oxygens (including phenoxy) is 2. The SMILES string of the molecule is C#Cc1c(C)cccc1CCOc1nc(Nc2cc(F)c(C(=O)NC3CCN(C)CC3)cc2OC)ncc1C(F)(F)F. The van der Waals surface area contributed by atoms with E-state index in [1.54, 1.807) is 12.1 Å².